The fraction of sp³-hybridized carbons (Fsp3) is 0.176. The van der Waals surface area contributed by atoms with Crippen molar-refractivity contribution in [3.8, 4) is 5.75 Å². The predicted octanol–water partition coefficient (Wildman–Crippen LogP) is 4.84. The third-order valence-corrected chi connectivity index (χ3v) is 3.82. The molecule has 1 amide bonds. The largest absolute Gasteiger partial charge is 0.484 e. The first kappa shape index (κ1) is 19.4. The number of halogens is 3. The second-order valence-corrected chi connectivity index (χ2v) is 6.08. The van der Waals surface area contributed by atoms with Gasteiger partial charge in [-0.2, -0.15) is 0 Å². The van der Waals surface area contributed by atoms with Crippen LogP contribution in [0.2, 0.25) is 15.1 Å². The molecule has 2 aromatic carbocycles. The van der Waals surface area contributed by atoms with Gasteiger partial charge in [-0.15, -0.1) is 0 Å². The van der Waals surface area contributed by atoms with Gasteiger partial charge in [0.15, 0.2) is 6.61 Å². The zero-order valence-corrected chi connectivity index (χ0v) is 15.4. The molecule has 0 unspecified atom stereocenters. The summed E-state index contributed by atoms with van der Waals surface area (Å²) in [5.41, 5.74) is 0.664. The van der Waals surface area contributed by atoms with Crippen molar-refractivity contribution >= 4 is 52.4 Å². The number of anilines is 1. The molecule has 8 heteroatoms. The minimum atomic E-state index is -0.444. The maximum Gasteiger partial charge on any atom is 0.338 e. The molecule has 2 rings (SSSR count). The molecule has 1 N–H and O–H groups in total. The highest BCUT2D eigenvalue weighted by molar-refractivity contribution is 6.42. The Morgan fingerprint density at radius 3 is 2.20 bits per heavy atom. The molecule has 25 heavy (non-hydrogen) atoms. The van der Waals surface area contributed by atoms with Gasteiger partial charge >= 0.3 is 5.97 Å². The third kappa shape index (κ3) is 5.53. The van der Waals surface area contributed by atoms with Gasteiger partial charge in [0.1, 0.15) is 5.75 Å². The molecule has 0 aliphatic rings. The number of carbonyl (C=O) groups excluding carboxylic acids is 2. The molecule has 0 fully saturated rings. The van der Waals surface area contributed by atoms with E-state index in [1.807, 2.05) is 0 Å². The van der Waals surface area contributed by atoms with E-state index in [1.165, 1.54) is 12.1 Å². The topological polar surface area (TPSA) is 64.6 Å². The van der Waals surface area contributed by atoms with Gasteiger partial charge in [-0.25, -0.2) is 4.79 Å². The number of hydrogen-bond acceptors (Lipinski definition) is 4. The molecule has 0 aliphatic carbocycles. The van der Waals surface area contributed by atoms with E-state index >= 15 is 0 Å². The van der Waals surface area contributed by atoms with Crippen LogP contribution in [-0.2, 0) is 9.53 Å². The number of amides is 1. The summed E-state index contributed by atoms with van der Waals surface area (Å²) >= 11 is 17.8. The molecule has 0 saturated heterocycles. The molecule has 0 aliphatic heterocycles. The molecule has 0 radical (unpaired) electrons. The van der Waals surface area contributed by atoms with E-state index in [9.17, 15) is 9.59 Å². The van der Waals surface area contributed by atoms with Gasteiger partial charge in [-0.1, -0.05) is 34.8 Å². The maximum atomic E-state index is 12.0. The minimum absolute atomic E-state index is 0.227. The van der Waals surface area contributed by atoms with Crippen LogP contribution in [0, 0.1) is 0 Å². The first-order valence-electron chi connectivity index (χ1n) is 7.25. The molecule has 132 valence electrons. The Bertz CT molecular complexity index is 755. The van der Waals surface area contributed by atoms with E-state index in [0.29, 0.717) is 22.9 Å². The van der Waals surface area contributed by atoms with Crippen LogP contribution in [0.3, 0.4) is 0 Å². The second kappa shape index (κ2) is 8.94. The third-order valence-electron chi connectivity index (χ3n) is 3.01. The average Bonchev–Trinajstić information content (AvgIpc) is 2.57. The Kier molecular flexibility index (Phi) is 6.93. The van der Waals surface area contributed by atoms with E-state index in [2.05, 4.69) is 5.32 Å². The zero-order chi connectivity index (χ0) is 18.4. The number of esters is 1. The number of hydrogen-bond donors (Lipinski definition) is 1. The van der Waals surface area contributed by atoms with Crippen LogP contribution >= 0.6 is 34.8 Å². The fourth-order valence-electron chi connectivity index (χ4n) is 1.89. The van der Waals surface area contributed by atoms with E-state index in [1.54, 1.807) is 31.2 Å². The number of rotatable bonds is 6. The van der Waals surface area contributed by atoms with Crippen molar-refractivity contribution in [3.63, 3.8) is 0 Å². The number of benzene rings is 2. The second-order valence-electron chi connectivity index (χ2n) is 4.83. The van der Waals surface area contributed by atoms with E-state index in [0.717, 1.165) is 0 Å². The average molecular weight is 403 g/mol. The van der Waals surface area contributed by atoms with Crippen LogP contribution in [0.25, 0.3) is 0 Å². The lowest BCUT2D eigenvalue weighted by Crippen LogP contribution is -2.20. The molecular weight excluding hydrogens is 389 g/mol. The molecule has 0 heterocycles. The lowest BCUT2D eigenvalue weighted by Gasteiger charge is -2.11. The summed E-state index contributed by atoms with van der Waals surface area (Å²) in [6, 6.07) is 9.19. The smallest absolute Gasteiger partial charge is 0.338 e. The van der Waals surface area contributed by atoms with E-state index < -0.39 is 11.9 Å². The highest BCUT2D eigenvalue weighted by atomic mass is 35.5. The summed E-state index contributed by atoms with van der Waals surface area (Å²) in [7, 11) is 0. The Hall–Kier alpha value is -1.95. The first-order valence-corrected chi connectivity index (χ1v) is 8.38. The molecule has 0 spiro atoms. The van der Waals surface area contributed by atoms with Gasteiger partial charge < -0.3 is 14.8 Å². The Morgan fingerprint density at radius 2 is 1.64 bits per heavy atom. The summed E-state index contributed by atoms with van der Waals surface area (Å²) in [4.78, 5) is 23.5. The van der Waals surface area contributed by atoms with Crippen LogP contribution in [-0.4, -0.2) is 25.1 Å². The lowest BCUT2D eigenvalue weighted by atomic mass is 10.2. The zero-order valence-electron chi connectivity index (χ0n) is 13.1. The summed E-state index contributed by atoms with van der Waals surface area (Å²) in [6.45, 7) is 1.77. The van der Waals surface area contributed by atoms with Crippen molar-refractivity contribution in [1.29, 1.82) is 0 Å². The van der Waals surface area contributed by atoms with Crippen molar-refractivity contribution < 1.29 is 19.1 Å². The maximum absolute atomic E-state index is 12.0. The molecule has 5 nitrogen and oxygen atoms in total. The monoisotopic (exact) mass is 401 g/mol. The first-order chi connectivity index (χ1) is 11.9. The van der Waals surface area contributed by atoms with Crippen molar-refractivity contribution in [1.82, 2.24) is 0 Å². The molecule has 0 saturated carbocycles. The van der Waals surface area contributed by atoms with Crippen molar-refractivity contribution in [2.45, 2.75) is 6.92 Å². The van der Waals surface area contributed by atoms with Crippen molar-refractivity contribution in [2.24, 2.45) is 0 Å². The lowest BCUT2D eigenvalue weighted by molar-refractivity contribution is -0.118. The molecule has 0 bridgehead atoms. The normalized spacial score (nSPS) is 10.2. The van der Waals surface area contributed by atoms with Gasteiger partial charge in [0.05, 0.1) is 27.9 Å². The van der Waals surface area contributed by atoms with Crippen LogP contribution in [0.5, 0.6) is 5.75 Å². The van der Waals surface area contributed by atoms with E-state index in [4.69, 9.17) is 44.3 Å². The summed E-state index contributed by atoms with van der Waals surface area (Å²) < 4.78 is 10.2. The van der Waals surface area contributed by atoms with Crippen LogP contribution in [0.4, 0.5) is 5.69 Å². The van der Waals surface area contributed by atoms with Crippen LogP contribution in [0.1, 0.15) is 17.3 Å². The van der Waals surface area contributed by atoms with Gasteiger partial charge in [0, 0.05) is 5.02 Å². The summed E-state index contributed by atoms with van der Waals surface area (Å²) in [5.74, 6) is -0.434. The fourth-order valence-corrected chi connectivity index (χ4v) is 2.80. The number of carbonyl (C=O) groups is 2. The predicted molar refractivity (Wildman–Crippen MR) is 98.0 cm³/mol. The van der Waals surface area contributed by atoms with E-state index in [-0.39, 0.29) is 22.3 Å². The minimum Gasteiger partial charge on any atom is -0.484 e. The molecule has 0 atom stereocenters. The number of nitrogens with one attached hydrogen (secondary N) is 1. The molecular formula is C17H14Cl3NO4. The Labute approximate surface area is 159 Å². The van der Waals surface area contributed by atoms with Crippen molar-refractivity contribution in [2.75, 3.05) is 18.5 Å². The molecule has 0 aromatic heterocycles. The van der Waals surface area contributed by atoms with Crippen LogP contribution in [0.15, 0.2) is 36.4 Å². The quantitative estimate of drug-likeness (QED) is 0.702. The SMILES string of the molecule is CCOC(=O)c1ccc(OCC(=O)Nc2c(Cl)cc(Cl)cc2Cl)cc1. The van der Waals surface area contributed by atoms with Gasteiger partial charge in [0.25, 0.3) is 5.91 Å². The number of ether oxygens (including phenoxy) is 2. The van der Waals surface area contributed by atoms with Crippen LogP contribution < -0.4 is 10.1 Å². The highest BCUT2D eigenvalue weighted by Crippen LogP contribution is 2.33. The van der Waals surface area contributed by atoms with Gasteiger partial charge in [-0.05, 0) is 43.3 Å². The Balaban J connectivity index is 1.93. The van der Waals surface area contributed by atoms with Gasteiger partial charge in [0.2, 0.25) is 0 Å². The Morgan fingerprint density at radius 1 is 1.04 bits per heavy atom. The highest BCUT2D eigenvalue weighted by Gasteiger charge is 2.12. The summed E-state index contributed by atoms with van der Waals surface area (Å²) in [6.07, 6.45) is 0. The van der Waals surface area contributed by atoms with Gasteiger partial charge in [-0.3, -0.25) is 4.79 Å². The summed E-state index contributed by atoms with van der Waals surface area (Å²) in [5, 5.41) is 3.38. The molecule has 2 aromatic rings. The standard InChI is InChI=1S/C17H14Cl3NO4/c1-2-24-17(23)10-3-5-12(6-4-10)25-9-15(22)21-16-13(19)7-11(18)8-14(16)20/h3-8H,2,9H2,1H3,(H,21,22). The van der Waals surface area contributed by atoms with Crippen molar-refractivity contribution in [3.05, 3.63) is 57.0 Å².